The van der Waals surface area contributed by atoms with Gasteiger partial charge in [0, 0.05) is 23.8 Å². The average Bonchev–Trinajstić information content (AvgIpc) is 2.90. The second-order valence-electron chi connectivity index (χ2n) is 3.90. The maximum Gasteiger partial charge on any atom is 0.254 e. The summed E-state index contributed by atoms with van der Waals surface area (Å²) in [5.41, 5.74) is 0.0372. The molecule has 1 aromatic heterocycles. The van der Waals surface area contributed by atoms with Gasteiger partial charge in [-0.1, -0.05) is 21.1 Å². The zero-order valence-electron chi connectivity index (χ0n) is 10.0. The lowest BCUT2D eigenvalue weighted by Gasteiger charge is -2.06. The Balaban J connectivity index is 1.82. The lowest BCUT2D eigenvalue weighted by molar-refractivity contribution is 0.0948. The van der Waals surface area contributed by atoms with Crippen LogP contribution in [0.3, 0.4) is 0 Å². The lowest BCUT2D eigenvalue weighted by atomic mass is 10.2. The molecule has 1 heterocycles. The Kier molecular flexibility index (Phi) is 4.62. The molecule has 0 aliphatic carbocycles. The van der Waals surface area contributed by atoms with E-state index in [2.05, 4.69) is 31.6 Å². The number of carbonyl (C=O) groups is 1. The van der Waals surface area contributed by atoms with E-state index >= 15 is 0 Å². The summed E-state index contributed by atoms with van der Waals surface area (Å²) in [6, 6.07) is 4.27. The SMILES string of the molecule is O=C(NCCCn1ccnn1)c1cc(Br)ccc1F. The Hall–Kier alpha value is -1.76. The fourth-order valence-corrected chi connectivity index (χ4v) is 1.92. The normalized spacial score (nSPS) is 10.4. The molecule has 0 spiro atoms. The van der Waals surface area contributed by atoms with Crippen molar-refractivity contribution in [1.29, 1.82) is 0 Å². The van der Waals surface area contributed by atoms with Crippen LogP contribution in [0.15, 0.2) is 35.1 Å². The Labute approximate surface area is 117 Å². The van der Waals surface area contributed by atoms with Crippen LogP contribution in [0.2, 0.25) is 0 Å². The van der Waals surface area contributed by atoms with Crippen LogP contribution in [-0.2, 0) is 6.54 Å². The van der Waals surface area contributed by atoms with E-state index < -0.39 is 11.7 Å². The van der Waals surface area contributed by atoms with Gasteiger partial charge in [-0.05, 0) is 24.6 Å². The van der Waals surface area contributed by atoms with E-state index in [1.54, 1.807) is 23.1 Å². The van der Waals surface area contributed by atoms with E-state index in [1.165, 1.54) is 12.1 Å². The standard InChI is InChI=1S/C12H12BrFN4O/c13-9-2-3-11(14)10(8-9)12(19)15-4-1-6-18-7-5-16-17-18/h2-3,5,7-8H,1,4,6H2,(H,15,19). The van der Waals surface area contributed by atoms with Crippen molar-refractivity contribution in [1.82, 2.24) is 20.3 Å². The molecule has 0 saturated heterocycles. The first-order chi connectivity index (χ1) is 9.16. The van der Waals surface area contributed by atoms with Crippen LogP contribution in [-0.4, -0.2) is 27.4 Å². The van der Waals surface area contributed by atoms with Crippen molar-refractivity contribution in [2.24, 2.45) is 0 Å². The van der Waals surface area contributed by atoms with E-state index in [0.29, 0.717) is 24.0 Å². The van der Waals surface area contributed by atoms with E-state index in [-0.39, 0.29) is 5.56 Å². The molecule has 2 rings (SSSR count). The van der Waals surface area contributed by atoms with Gasteiger partial charge in [-0.25, -0.2) is 4.39 Å². The molecule has 5 nitrogen and oxygen atoms in total. The van der Waals surface area contributed by atoms with Crippen molar-refractivity contribution in [2.75, 3.05) is 6.54 Å². The first-order valence-corrected chi connectivity index (χ1v) is 6.53. The van der Waals surface area contributed by atoms with Gasteiger partial charge in [-0.15, -0.1) is 5.10 Å². The van der Waals surface area contributed by atoms with Gasteiger partial charge < -0.3 is 5.32 Å². The predicted octanol–water partition coefficient (Wildman–Crippen LogP) is 2.00. The fraction of sp³-hybridized carbons (Fsp3) is 0.250. The van der Waals surface area contributed by atoms with E-state index in [9.17, 15) is 9.18 Å². The topological polar surface area (TPSA) is 59.8 Å². The Morgan fingerprint density at radius 2 is 2.32 bits per heavy atom. The lowest BCUT2D eigenvalue weighted by Crippen LogP contribution is -2.26. The van der Waals surface area contributed by atoms with Crippen molar-refractivity contribution in [3.8, 4) is 0 Å². The second kappa shape index (κ2) is 6.42. The van der Waals surface area contributed by atoms with Gasteiger partial charge in [0.2, 0.25) is 0 Å². The number of aryl methyl sites for hydroxylation is 1. The minimum atomic E-state index is -0.531. The minimum absolute atomic E-state index is 0.0372. The highest BCUT2D eigenvalue weighted by atomic mass is 79.9. The molecule has 0 radical (unpaired) electrons. The van der Waals surface area contributed by atoms with E-state index in [4.69, 9.17) is 0 Å². The zero-order valence-corrected chi connectivity index (χ0v) is 11.6. The molecule has 1 N–H and O–H groups in total. The quantitative estimate of drug-likeness (QED) is 0.855. The smallest absolute Gasteiger partial charge is 0.254 e. The van der Waals surface area contributed by atoms with Gasteiger partial charge >= 0.3 is 0 Å². The van der Waals surface area contributed by atoms with Gasteiger partial charge in [0.15, 0.2) is 0 Å². The largest absolute Gasteiger partial charge is 0.352 e. The third-order valence-corrected chi connectivity index (χ3v) is 2.99. The molecule has 100 valence electrons. The van der Waals surface area contributed by atoms with Crippen molar-refractivity contribution in [3.05, 3.63) is 46.4 Å². The summed E-state index contributed by atoms with van der Waals surface area (Å²) in [4.78, 5) is 11.8. The molecule has 0 unspecified atom stereocenters. The number of aromatic nitrogens is 3. The van der Waals surface area contributed by atoms with Crippen molar-refractivity contribution in [2.45, 2.75) is 13.0 Å². The highest BCUT2D eigenvalue weighted by molar-refractivity contribution is 9.10. The Bertz CT molecular complexity index is 559. The van der Waals surface area contributed by atoms with Gasteiger partial charge in [0.25, 0.3) is 5.91 Å². The van der Waals surface area contributed by atoms with Crippen LogP contribution in [0.25, 0.3) is 0 Å². The van der Waals surface area contributed by atoms with Crippen molar-refractivity contribution in [3.63, 3.8) is 0 Å². The number of hydrogen-bond donors (Lipinski definition) is 1. The molecule has 7 heteroatoms. The number of nitrogens with zero attached hydrogens (tertiary/aromatic N) is 3. The third kappa shape index (κ3) is 3.85. The Morgan fingerprint density at radius 3 is 3.05 bits per heavy atom. The van der Waals surface area contributed by atoms with Crippen LogP contribution in [0.5, 0.6) is 0 Å². The number of rotatable bonds is 5. The maximum atomic E-state index is 13.4. The Morgan fingerprint density at radius 1 is 1.47 bits per heavy atom. The van der Waals surface area contributed by atoms with Crippen LogP contribution in [0.1, 0.15) is 16.8 Å². The van der Waals surface area contributed by atoms with Gasteiger partial charge in [-0.2, -0.15) is 0 Å². The summed E-state index contributed by atoms with van der Waals surface area (Å²) in [5, 5.41) is 10.1. The van der Waals surface area contributed by atoms with E-state index in [1.807, 2.05) is 0 Å². The van der Waals surface area contributed by atoms with Crippen LogP contribution in [0.4, 0.5) is 4.39 Å². The van der Waals surface area contributed by atoms with Gasteiger partial charge in [0.1, 0.15) is 5.82 Å². The third-order valence-electron chi connectivity index (χ3n) is 2.49. The van der Waals surface area contributed by atoms with Crippen molar-refractivity contribution >= 4 is 21.8 Å². The summed E-state index contributed by atoms with van der Waals surface area (Å²) < 4.78 is 15.8. The highest BCUT2D eigenvalue weighted by Gasteiger charge is 2.11. The molecule has 0 aliphatic heterocycles. The second-order valence-corrected chi connectivity index (χ2v) is 4.82. The number of benzene rings is 1. The van der Waals surface area contributed by atoms with Crippen LogP contribution >= 0.6 is 15.9 Å². The summed E-state index contributed by atoms with van der Waals surface area (Å²) >= 11 is 3.21. The highest BCUT2D eigenvalue weighted by Crippen LogP contribution is 2.15. The molecular weight excluding hydrogens is 315 g/mol. The molecule has 1 aromatic carbocycles. The predicted molar refractivity (Wildman–Crippen MR) is 71.1 cm³/mol. The first-order valence-electron chi connectivity index (χ1n) is 5.74. The average molecular weight is 327 g/mol. The molecule has 0 aliphatic rings. The molecule has 0 bridgehead atoms. The number of carbonyl (C=O) groups excluding carboxylic acids is 1. The summed E-state index contributed by atoms with van der Waals surface area (Å²) in [5.74, 6) is -0.950. The molecule has 0 saturated carbocycles. The fourth-order valence-electron chi connectivity index (χ4n) is 1.56. The molecular formula is C12H12BrFN4O. The zero-order chi connectivity index (χ0) is 13.7. The molecule has 19 heavy (non-hydrogen) atoms. The number of amides is 1. The van der Waals surface area contributed by atoms with Gasteiger partial charge in [0.05, 0.1) is 11.8 Å². The molecule has 0 atom stereocenters. The summed E-state index contributed by atoms with van der Waals surface area (Å²) in [6.07, 6.45) is 4.04. The number of halogens is 2. The first kappa shape index (κ1) is 13.7. The number of nitrogens with one attached hydrogen (secondary N) is 1. The van der Waals surface area contributed by atoms with Crippen LogP contribution in [0, 0.1) is 5.82 Å². The molecule has 0 fully saturated rings. The van der Waals surface area contributed by atoms with Gasteiger partial charge in [-0.3, -0.25) is 9.48 Å². The summed E-state index contributed by atoms with van der Waals surface area (Å²) in [6.45, 7) is 1.10. The minimum Gasteiger partial charge on any atom is -0.352 e. The monoisotopic (exact) mass is 326 g/mol. The molecule has 1 amide bonds. The molecule has 2 aromatic rings. The maximum absolute atomic E-state index is 13.4. The van der Waals surface area contributed by atoms with E-state index in [0.717, 1.165) is 0 Å². The van der Waals surface area contributed by atoms with Crippen molar-refractivity contribution < 1.29 is 9.18 Å². The van der Waals surface area contributed by atoms with Crippen LogP contribution < -0.4 is 5.32 Å². The summed E-state index contributed by atoms with van der Waals surface area (Å²) in [7, 11) is 0. The number of hydrogen-bond acceptors (Lipinski definition) is 3.